The fourth-order valence-corrected chi connectivity index (χ4v) is 2.32. The number of alkyl halides is 3. The molecule has 2 rings (SSSR count). The topological polar surface area (TPSA) is 67.2 Å². The SMILES string of the molecule is NC(=S)c1cc(C(F)(F)F)ccc1NC1CCCNC1=O. The van der Waals surface area contributed by atoms with Crippen molar-refractivity contribution >= 4 is 28.8 Å². The highest BCUT2D eigenvalue weighted by Gasteiger charge is 2.31. The Morgan fingerprint density at radius 3 is 2.71 bits per heavy atom. The zero-order valence-corrected chi connectivity index (χ0v) is 11.8. The van der Waals surface area contributed by atoms with E-state index in [4.69, 9.17) is 18.0 Å². The molecule has 1 aliphatic rings. The Morgan fingerprint density at radius 2 is 2.14 bits per heavy atom. The Hall–Kier alpha value is -1.83. The van der Waals surface area contributed by atoms with E-state index in [1.807, 2.05) is 0 Å². The number of nitrogens with one attached hydrogen (secondary N) is 2. The van der Waals surface area contributed by atoms with E-state index < -0.39 is 17.8 Å². The smallest absolute Gasteiger partial charge is 0.389 e. The van der Waals surface area contributed by atoms with E-state index >= 15 is 0 Å². The lowest BCUT2D eigenvalue weighted by Crippen LogP contribution is -2.44. The molecule has 1 heterocycles. The summed E-state index contributed by atoms with van der Waals surface area (Å²) in [7, 11) is 0. The summed E-state index contributed by atoms with van der Waals surface area (Å²) in [5, 5.41) is 5.60. The van der Waals surface area contributed by atoms with Crippen LogP contribution in [0.5, 0.6) is 0 Å². The number of anilines is 1. The molecule has 0 spiro atoms. The van der Waals surface area contributed by atoms with Crippen molar-refractivity contribution in [3.63, 3.8) is 0 Å². The molecular weight excluding hydrogens is 303 g/mol. The van der Waals surface area contributed by atoms with E-state index in [-0.39, 0.29) is 16.5 Å². The minimum atomic E-state index is -4.47. The Labute approximate surface area is 124 Å². The molecule has 1 aromatic rings. The zero-order chi connectivity index (χ0) is 15.6. The number of hydrogen-bond acceptors (Lipinski definition) is 3. The Bertz CT molecular complexity index is 574. The summed E-state index contributed by atoms with van der Waals surface area (Å²) in [6.07, 6.45) is -3.07. The first-order valence-corrected chi connectivity index (χ1v) is 6.75. The van der Waals surface area contributed by atoms with Gasteiger partial charge in [-0.25, -0.2) is 0 Å². The van der Waals surface area contributed by atoms with Gasteiger partial charge in [0.15, 0.2) is 0 Å². The fourth-order valence-electron chi connectivity index (χ4n) is 2.15. The number of piperidine rings is 1. The lowest BCUT2D eigenvalue weighted by atomic mass is 10.0. The van der Waals surface area contributed by atoms with Gasteiger partial charge in [0.25, 0.3) is 0 Å². The first kappa shape index (κ1) is 15.6. The van der Waals surface area contributed by atoms with Crippen molar-refractivity contribution in [1.29, 1.82) is 0 Å². The van der Waals surface area contributed by atoms with E-state index in [1.54, 1.807) is 0 Å². The van der Waals surface area contributed by atoms with Crippen LogP contribution in [-0.2, 0) is 11.0 Å². The number of nitrogens with two attached hydrogens (primary N) is 1. The third kappa shape index (κ3) is 3.63. The number of carbonyl (C=O) groups excluding carboxylic acids is 1. The molecule has 114 valence electrons. The predicted octanol–water partition coefficient (Wildman–Crippen LogP) is 2.03. The van der Waals surface area contributed by atoms with E-state index in [9.17, 15) is 18.0 Å². The van der Waals surface area contributed by atoms with E-state index in [0.717, 1.165) is 18.6 Å². The maximum atomic E-state index is 12.7. The van der Waals surface area contributed by atoms with E-state index in [2.05, 4.69) is 10.6 Å². The summed E-state index contributed by atoms with van der Waals surface area (Å²) in [4.78, 5) is 11.5. The maximum absolute atomic E-state index is 12.7. The summed E-state index contributed by atoms with van der Waals surface area (Å²) in [6, 6.07) is 2.58. The van der Waals surface area contributed by atoms with Gasteiger partial charge in [-0.05, 0) is 31.0 Å². The molecule has 1 amide bonds. The molecule has 8 heteroatoms. The van der Waals surface area contributed by atoms with Crippen LogP contribution >= 0.6 is 12.2 Å². The molecule has 0 aliphatic carbocycles. The number of carbonyl (C=O) groups is 1. The molecule has 0 radical (unpaired) electrons. The van der Waals surface area contributed by atoms with Crippen LogP contribution in [0.2, 0.25) is 0 Å². The first-order chi connectivity index (χ1) is 9.79. The number of benzene rings is 1. The molecule has 0 bridgehead atoms. The molecule has 1 atom stereocenters. The van der Waals surface area contributed by atoms with Gasteiger partial charge >= 0.3 is 6.18 Å². The van der Waals surface area contributed by atoms with Crippen LogP contribution in [0, 0.1) is 0 Å². The molecule has 1 saturated heterocycles. The van der Waals surface area contributed by atoms with Gasteiger partial charge in [0.2, 0.25) is 5.91 Å². The predicted molar refractivity (Wildman–Crippen MR) is 77.0 cm³/mol. The number of thiocarbonyl (C=S) groups is 1. The van der Waals surface area contributed by atoms with Gasteiger partial charge in [0.05, 0.1) is 5.56 Å². The average Bonchev–Trinajstić information content (AvgIpc) is 2.40. The highest BCUT2D eigenvalue weighted by molar-refractivity contribution is 7.80. The van der Waals surface area contributed by atoms with Crippen LogP contribution in [0.4, 0.5) is 18.9 Å². The minimum absolute atomic E-state index is 0.0817. The molecule has 1 aromatic carbocycles. The molecule has 1 aliphatic heterocycles. The second kappa shape index (κ2) is 5.88. The highest BCUT2D eigenvalue weighted by atomic mass is 32.1. The van der Waals surface area contributed by atoms with Crippen molar-refractivity contribution < 1.29 is 18.0 Å². The van der Waals surface area contributed by atoms with Gasteiger partial charge in [0, 0.05) is 17.8 Å². The number of amides is 1. The number of hydrogen-bond donors (Lipinski definition) is 3. The largest absolute Gasteiger partial charge is 0.416 e. The Morgan fingerprint density at radius 1 is 1.43 bits per heavy atom. The van der Waals surface area contributed by atoms with Crippen LogP contribution in [0.1, 0.15) is 24.0 Å². The normalized spacial score (nSPS) is 19.0. The standard InChI is InChI=1S/C13H14F3N3OS/c14-13(15,16)7-3-4-9(8(6-7)11(17)21)19-10-2-1-5-18-12(10)20/h3-4,6,10,19H,1-2,5H2,(H2,17,21)(H,18,20). The quantitative estimate of drug-likeness (QED) is 0.746. The second-order valence-corrected chi connectivity index (χ2v) is 5.19. The molecule has 1 unspecified atom stereocenters. The van der Waals surface area contributed by atoms with Gasteiger partial charge < -0.3 is 16.4 Å². The van der Waals surface area contributed by atoms with Gasteiger partial charge in [0.1, 0.15) is 11.0 Å². The monoisotopic (exact) mass is 317 g/mol. The van der Waals surface area contributed by atoms with Crippen molar-refractivity contribution in [3.8, 4) is 0 Å². The van der Waals surface area contributed by atoms with Gasteiger partial charge in [-0.1, -0.05) is 12.2 Å². The second-order valence-electron chi connectivity index (χ2n) is 4.75. The Kier molecular flexibility index (Phi) is 4.36. The third-order valence-electron chi connectivity index (χ3n) is 3.23. The lowest BCUT2D eigenvalue weighted by molar-refractivity contribution is -0.137. The molecule has 21 heavy (non-hydrogen) atoms. The summed E-state index contributed by atoms with van der Waals surface area (Å²) in [5.74, 6) is -0.185. The molecule has 4 nitrogen and oxygen atoms in total. The Balaban J connectivity index is 2.30. The van der Waals surface area contributed by atoms with Crippen LogP contribution < -0.4 is 16.4 Å². The van der Waals surface area contributed by atoms with Crippen molar-refractivity contribution in [3.05, 3.63) is 29.3 Å². The van der Waals surface area contributed by atoms with Gasteiger partial charge in [-0.3, -0.25) is 4.79 Å². The van der Waals surface area contributed by atoms with Crippen LogP contribution in [0.15, 0.2) is 18.2 Å². The number of halogens is 3. The molecule has 0 aromatic heterocycles. The number of rotatable bonds is 3. The third-order valence-corrected chi connectivity index (χ3v) is 3.45. The first-order valence-electron chi connectivity index (χ1n) is 6.34. The van der Waals surface area contributed by atoms with Crippen molar-refractivity contribution in [1.82, 2.24) is 5.32 Å². The van der Waals surface area contributed by atoms with Gasteiger partial charge in [-0.15, -0.1) is 0 Å². The summed E-state index contributed by atoms with van der Waals surface area (Å²) in [5.41, 5.74) is 5.07. The lowest BCUT2D eigenvalue weighted by Gasteiger charge is -2.25. The van der Waals surface area contributed by atoms with E-state index in [0.29, 0.717) is 18.7 Å². The van der Waals surface area contributed by atoms with Crippen molar-refractivity contribution in [2.45, 2.75) is 25.1 Å². The van der Waals surface area contributed by atoms with Crippen LogP contribution in [-0.4, -0.2) is 23.5 Å². The summed E-state index contributed by atoms with van der Waals surface area (Å²) in [6.45, 7) is 0.603. The molecule has 0 saturated carbocycles. The van der Waals surface area contributed by atoms with Crippen LogP contribution in [0.3, 0.4) is 0 Å². The highest BCUT2D eigenvalue weighted by Crippen LogP contribution is 2.32. The minimum Gasteiger partial charge on any atom is -0.389 e. The summed E-state index contributed by atoms with van der Waals surface area (Å²) < 4.78 is 38.1. The average molecular weight is 317 g/mol. The van der Waals surface area contributed by atoms with Gasteiger partial charge in [-0.2, -0.15) is 13.2 Å². The maximum Gasteiger partial charge on any atom is 0.416 e. The van der Waals surface area contributed by atoms with Crippen molar-refractivity contribution in [2.75, 3.05) is 11.9 Å². The molecule has 4 N–H and O–H groups in total. The zero-order valence-electron chi connectivity index (χ0n) is 11.0. The van der Waals surface area contributed by atoms with Crippen LogP contribution in [0.25, 0.3) is 0 Å². The fraction of sp³-hybridized carbons (Fsp3) is 0.385. The van der Waals surface area contributed by atoms with Crippen molar-refractivity contribution in [2.24, 2.45) is 5.73 Å². The summed E-state index contributed by atoms with van der Waals surface area (Å²) >= 11 is 4.80. The molecular formula is C13H14F3N3OS. The molecule has 1 fully saturated rings. The van der Waals surface area contributed by atoms with E-state index in [1.165, 1.54) is 6.07 Å².